The number of aromatic carboxylic acids is 1. The number of carbonyl (C=O) groups is 2. The molecule has 3 heterocycles. The molecule has 1 N–H and O–H groups in total. The molecular formula is C18H21N3O4. The van der Waals surface area contributed by atoms with E-state index in [4.69, 9.17) is 4.42 Å². The van der Waals surface area contributed by atoms with Crippen molar-refractivity contribution in [1.82, 2.24) is 14.9 Å². The minimum Gasteiger partial charge on any atom is -0.476 e. The molecule has 1 aliphatic heterocycles. The minimum atomic E-state index is -1.10. The molecule has 0 radical (unpaired) electrons. The number of hydrogen-bond donors (Lipinski definition) is 1. The van der Waals surface area contributed by atoms with Crippen molar-refractivity contribution in [2.24, 2.45) is 0 Å². The highest BCUT2D eigenvalue weighted by molar-refractivity contribution is 5.86. The Hall–Kier alpha value is -2.70. The van der Waals surface area contributed by atoms with E-state index in [9.17, 15) is 14.7 Å². The zero-order chi connectivity index (χ0) is 17.8. The van der Waals surface area contributed by atoms with Crippen LogP contribution in [-0.2, 0) is 17.6 Å². The Bertz CT molecular complexity index is 754. The van der Waals surface area contributed by atoms with Crippen molar-refractivity contribution in [3.63, 3.8) is 0 Å². The van der Waals surface area contributed by atoms with Crippen LogP contribution in [0.3, 0.4) is 0 Å². The molecule has 7 heteroatoms. The van der Waals surface area contributed by atoms with Gasteiger partial charge in [-0.05, 0) is 30.9 Å². The van der Waals surface area contributed by atoms with Crippen LogP contribution < -0.4 is 0 Å². The second-order valence-electron chi connectivity index (χ2n) is 6.24. The van der Waals surface area contributed by atoms with Crippen molar-refractivity contribution >= 4 is 11.9 Å². The van der Waals surface area contributed by atoms with Gasteiger partial charge in [-0.2, -0.15) is 0 Å². The van der Waals surface area contributed by atoms with Crippen LogP contribution in [0.2, 0.25) is 0 Å². The number of aryl methyl sites for hydroxylation is 1. The van der Waals surface area contributed by atoms with Gasteiger partial charge in [0.2, 0.25) is 5.91 Å². The molecule has 1 aliphatic rings. The third kappa shape index (κ3) is 3.87. The maximum Gasteiger partial charge on any atom is 0.358 e. The number of rotatable bonds is 5. The van der Waals surface area contributed by atoms with E-state index in [-0.39, 0.29) is 23.9 Å². The van der Waals surface area contributed by atoms with Gasteiger partial charge in [-0.3, -0.25) is 9.78 Å². The van der Waals surface area contributed by atoms with Gasteiger partial charge >= 0.3 is 5.97 Å². The lowest BCUT2D eigenvalue weighted by atomic mass is 9.94. The molecule has 0 bridgehead atoms. The molecule has 1 fully saturated rings. The third-order valence-corrected chi connectivity index (χ3v) is 4.57. The van der Waals surface area contributed by atoms with E-state index < -0.39 is 5.97 Å². The van der Waals surface area contributed by atoms with Crippen LogP contribution in [0, 0.1) is 0 Å². The van der Waals surface area contributed by atoms with Crippen molar-refractivity contribution in [2.75, 3.05) is 13.1 Å². The summed E-state index contributed by atoms with van der Waals surface area (Å²) in [4.78, 5) is 33.7. The number of hydrogen-bond acceptors (Lipinski definition) is 5. The number of aromatic nitrogens is 2. The summed E-state index contributed by atoms with van der Waals surface area (Å²) >= 11 is 0. The average molecular weight is 343 g/mol. The van der Waals surface area contributed by atoms with Gasteiger partial charge in [-0.15, -0.1) is 0 Å². The van der Waals surface area contributed by atoms with Crippen molar-refractivity contribution in [1.29, 1.82) is 0 Å². The van der Waals surface area contributed by atoms with Gasteiger partial charge in [0.05, 0.1) is 6.42 Å². The standard InChI is InChI=1S/C18H21N3O4/c1-2-12-5-6-14(19-9-12)8-15(22)21-7-3-4-13(10-21)17-16(18(23)24)20-11-25-17/h5-6,9,11,13H,2-4,7-8,10H2,1H3,(H,23,24). The molecule has 0 saturated carbocycles. The second-order valence-corrected chi connectivity index (χ2v) is 6.24. The lowest BCUT2D eigenvalue weighted by Gasteiger charge is -2.31. The summed E-state index contributed by atoms with van der Waals surface area (Å²) in [5.74, 6) is -0.887. The molecule has 0 aromatic carbocycles. The number of carbonyl (C=O) groups excluding carboxylic acids is 1. The molecule has 2 aromatic rings. The number of carboxylic acids is 1. The summed E-state index contributed by atoms with van der Waals surface area (Å²) in [5.41, 5.74) is 1.83. The molecule has 7 nitrogen and oxygen atoms in total. The topological polar surface area (TPSA) is 96.5 Å². The number of likely N-dealkylation sites (tertiary alicyclic amines) is 1. The number of piperidine rings is 1. The fourth-order valence-electron chi connectivity index (χ4n) is 3.16. The molecular weight excluding hydrogens is 322 g/mol. The first-order valence-corrected chi connectivity index (χ1v) is 8.46. The smallest absolute Gasteiger partial charge is 0.358 e. The molecule has 1 atom stereocenters. The molecule has 1 unspecified atom stereocenters. The van der Waals surface area contributed by atoms with E-state index in [0.29, 0.717) is 18.8 Å². The van der Waals surface area contributed by atoms with E-state index in [0.717, 1.165) is 36.9 Å². The van der Waals surface area contributed by atoms with Gasteiger partial charge in [-0.1, -0.05) is 13.0 Å². The largest absolute Gasteiger partial charge is 0.476 e. The van der Waals surface area contributed by atoms with Crippen LogP contribution in [-0.4, -0.2) is 44.9 Å². The first-order chi connectivity index (χ1) is 12.1. The molecule has 1 saturated heterocycles. The van der Waals surface area contributed by atoms with E-state index >= 15 is 0 Å². The molecule has 1 amide bonds. The normalized spacial score (nSPS) is 17.5. The average Bonchev–Trinajstić information content (AvgIpc) is 3.12. The maximum atomic E-state index is 12.6. The number of oxazole rings is 1. The summed E-state index contributed by atoms with van der Waals surface area (Å²) < 4.78 is 5.30. The van der Waals surface area contributed by atoms with Crippen molar-refractivity contribution in [2.45, 2.75) is 38.5 Å². The lowest BCUT2D eigenvalue weighted by molar-refractivity contribution is -0.131. The summed E-state index contributed by atoms with van der Waals surface area (Å²) in [6, 6.07) is 3.87. The van der Waals surface area contributed by atoms with Gasteiger partial charge in [0.25, 0.3) is 0 Å². The predicted molar refractivity (Wildman–Crippen MR) is 89.3 cm³/mol. The Morgan fingerprint density at radius 1 is 1.36 bits per heavy atom. The Labute approximate surface area is 145 Å². The minimum absolute atomic E-state index is 0.00200. The Morgan fingerprint density at radius 2 is 2.20 bits per heavy atom. The molecule has 2 aromatic heterocycles. The highest BCUT2D eigenvalue weighted by atomic mass is 16.4. The number of amides is 1. The zero-order valence-electron chi connectivity index (χ0n) is 14.1. The van der Waals surface area contributed by atoms with E-state index in [1.54, 1.807) is 11.1 Å². The SMILES string of the molecule is CCc1ccc(CC(=O)N2CCCC(c3ocnc3C(=O)O)C2)nc1. The maximum absolute atomic E-state index is 12.6. The van der Waals surface area contributed by atoms with E-state index in [1.165, 1.54) is 0 Å². The zero-order valence-corrected chi connectivity index (χ0v) is 14.1. The van der Waals surface area contributed by atoms with Crippen molar-refractivity contribution < 1.29 is 19.1 Å². The fraction of sp³-hybridized carbons (Fsp3) is 0.444. The molecule has 132 valence electrons. The summed E-state index contributed by atoms with van der Waals surface area (Å²) in [6.45, 7) is 3.17. The molecule has 3 rings (SSSR count). The predicted octanol–water partition coefficient (Wildman–Crippen LogP) is 2.28. The second kappa shape index (κ2) is 7.46. The highest BCUT2D eigenvalue weighted by Crippen LogP contribution is 2.29. The number of pyridine rings is 1. The Morgan fingerprint density at radius 3 is 2.88 bits per heavy atom. The van der Waals surface area contributed by atoms with E-state index in [1.807, 2.05) is 12.1 Å². The van der Waals surface area contributed by atoms with Gasteiger partial charge < -0.3 is 14.4 Å². The summed E-state index contributed by atoms with van der Waals surface area (Å²) in [5, 5.41) is 9.19. The fourth-order valence-corrected chi connectivity index (χ4v) is 3.16. The van der Waals surface area contributed by atoms with Gasteiger partial charge in [0, 0.05) is 30.9 Å². The summed E-state index contributed by atoms with van der Waals surface area (Å²) in [7, 11) is 0. The van der Waals surface area contributed by atoms with Gasteiger partial charge in [-0.25, -0.2) is 9.78 Å². The van der Waals surface area contributed by atoms with Gasteiger partial charge in [0.15, 0.2) is 12.1 Å². The lowest BCUT2D eigenvalue weighted by Crippen LogP contribution is -2.40. The molecule has 0 spiro atoms. The van der Waals surface area contributed by atoms with Crippen LogP contribution in [0.1, 0.15) is 53.2 Å². The number of nitrogens with zero attached hydrogens (tertiary/aromatic N) is 3. The van der Waals surface area contributed by atoms with Gasteiger partial charge in [0.1, 0.15) is 5.76 Å². The monoisotopic (exact) mass is 343 g/mol. The Kier molecular flexibility index (Phi) is 5.11. The van der Waals surface area contributed by atoms with Crippen LogP contribution in [0.5, 0.6) is 0 Å². The van der Waals surface area contributed by atoms with Crippen LogP contribution in [0.25, 0.3) is 0 Å². The Balaban J connectivity index is 1.66. The van der Waals surface area contributed by atoms with Crippen LogP contribution in [0.4, 0.5) is 0 Å². The van der Waals surface area contributed by atoms with Crippen LogP contribution in [0.15, 0.2) is 29.1 Å². The van der Waals surface area contributed by atoms with Crippen molar-refractivity contribution in [3.8, 4) is 0 Å². The first-order valence-electron chi connectivity index (χ1n) is 8.46. The summed E-state index contributed by atoms with van der Waals surface area (Å²) in [6.07, 6.45) is 5.70. The number of carboxylic acid groups (broad SMARTS) is 1. The van der Waals surface area contributed by atoms with Crippen LogP contribution >= 0.6 is 0 Å². The molecule has 25 heavy (non-hydrogen) atoms. The highest BCUT2D eigenvalue weighted by Gasteiger charge is 2.30. The molecule has 0 aliphatic carbocycles. The van der Waals surface area contributed by atoms with E-state index in [2.05, 4.69) is 16.9 Å². The first kappa shape index (κ1) is 17.1. The van der Waals surface area contributed by atoms with Crippen molar-refractivity contribution in [3.05, 3.63) is 47.4 Å². The quantitative estimate of drug-likeness (QED) is 0.894. The third-order valence-electron chi connectivity index (χ3n) is 4.57.